The summed E-state index contributed by atoms with van der Waals surface area (Å²) in [6.07, 6.45) is -11.7. The first kappa shape index (κ1) is 39.6. The standard InChI is InChI=1S/C39H36F6O7/c1-49-36(38(40,41)42,29-14-8-4-9-15-29)34(47)51-32(24-20-27-12-6-3-7-13-27)26-33(25-21-28-18-22-31(46)23-19-28)52-35(48)37(50-2,39(43,44)45)30-16-10-5-11-17-30/h3-20,22-24,32-33,46H,21,25-26H2,1-2H3/b24-20+/t32-,33+,36+,37+/m1/s1. The van der Waals surface area contributed by atoms with E-state index in [4.69, 9.17) is 18.9 Å². The molecule has 13 heteroatoms. The summed E-state index contributed by atoms with van der Waals surface area (Å²) < 4.78 is 109. The van der Waals surface area contributed by atoms with Crippen molar-refractivity contribution >= 4 is 18.0 Å². The van der Waals surface area contributed by atoms with Gasteiger partial charge in [-0.05, 0) is 42.2 Å². The summed E-state index contributed by atoms with van der Waals surface area (Å²) in [4.78, 5) is 27.4. The number of carbonyl (C=O) groups is 2. The van der Waals surface area contributed by atoms with E-state index in [1.54, 1.807) is 30.3 Å². The van der Waals surface area contributed by atoms with E-state index in [9.17, 15) is 41.0 Å². The molecule has 0 amide bonds. The Bertz CT molecular complexity index is 1760. The lowest BCUT2D eigenvalue weighted by Gasteiger charge is -2.35. The van der Waals surface area contributed by atoms with Gasteiger partial charge in [0.25, 0.3) is 11.2 Å². The Morgan fingerprint density at radius 3 is 1.54 bits per heavy atom. The van der Waals surface area contributed by atoms with E-state index >= 15 is 0 Å². The van der Waals surface area contributed by atoms with Gasteiger partial charge >= 0.3 is 24.3 Å². The van der Waals surface area contributed by atoms with Crippen molar-refractivity contribution in [2.75, 3.05) is 14.2 Å². The van der Waals surface area contributed by atoms with E-state index in [1.165, 1.54) is 72.8 Å². The minimum atomic E-state index is -5.32. The second-order valence-electron chi connectivity index (χ2n) is 11.7. The van der Waals surface area contributed by atoms with Crippen LogP contribution >= 0.6 is 0 Å². The second-order valence-corrected chi connectivity index (χ2v) is 11.7. The number of aromatic hydroxyl groups is 1. The van der Waals surface area contributed by atoms with Gasteiger partial charge in [0, 0.05) is 31.8 Å². The zero-order valence-electron chi connectivity index (χ0n) is 28.1. The zero-order valence-corrected chi connectivity index (χ0v) is 28.1. The molecule has 4 atom stereocenters. The Hall–Kier alpha value is -5.14. The lowest BCUT2D eigenvalue weighted by Crippen LogP contribution is -2.53. The highest BCUT2D eigenvalue weighted by molar-refractivity contribution is 5.84. The third kappa shape index (κ3) is 8.83. The van der Waals surface area contributed by atoms with Crippen LogP contribution in [0.1, 0.15) is 35.1 Å². The molecule has 0 bridgehead atoms. The highest BCUT2D eigenvalue weighted by atomic mass is 19.4. The monoisotopic (exact) mass is 730 g/mol. The maximum Gasteiger partial charge on any atom is 0.432 e. The molecule has 0 spiro atoms. The summed E-state index contributed by atoms with van der Waals surface area (Å²) in [6, 6.07) is 26.4. The second kappa shape index (κ2) is 16.9. The first-order chi connectivity index (χ1) is 24.7. The summed E-state index contributed by atoms with van der Waals surface area (Å²) in [5, 5.41) is 9.70. The molecule has 4 aromatic rings. The van der Waals surface area contributed by atoms with Crippen molar-refractivity contribution in [3.8, 4) is 5.75 Å². The summed E-state index contributed by atoms with van der Waals surface area (Å²) in [6.45, 7) is 0. The Kier molecular flexibility index (Phi) is 12.9. The van der Waals surface area contributed by atoms with E-state index in [0.717, 1.165) is 24.3 Å². The van der Waals surface area contributed by atoms with Gasteiger partial charge in [-0.2, -0.15) is 26.3 Å². The number of ether oxygens (including phenoxy) is 4. The molecule has 0 saturated carbocycles. The lowest BCUT2D eigenvalue weighted by molar-refractivity contribution is -0.279. The first-order valence-electron chi connectivity index (χ1n) is 16.0. The van der Waals surface area contributed by atoms with Gasteiger partial charge in [-0.15, -0.1) is 0 Å². The number of esters is 2. The summed E-state index contributed by atoms with van der Waals surface area (Å²) >= 11 is 0. The molecule has 52 heavy (non-hydrogen) atoms. The molecule has 0 radical (unpaired) electrons. The molecule has 0 aliphatic carbocycles. The van der Waals surface area contributed by atoms with Crippen molar-refractivity contribution in [3.63, 3.8) is 0 Å². The molecule has 0 aliphatic heterocycles. The van der Waals surface area contributed by atoms with Gasteiger partial charge in [-0.1, -0.05) is 109 Å². The van der Waals surface area contributed by atoms with Crippen LogP contribution in [0, 0.1) is 0 Å². The lowest BCUT2D eigenvalue weighted by atomic mass is 9.92. The number of aryl methyl sites for hydroxylation is 1. The minimum absolute atomic E-state index is 0.0487. The SMILES string of the molecule is CO[C@](C(=O)O[C@@H](CCc1ccc(O)cc1)C[C@@H](/C=C/c1ccccc1)OC(=O)[C@@](OC)(c1ccccc1)C(F)(F)F)(c1ccccc1)C(F)(F)F. The molecule has 7 nitrogen and oxygen atoms in total. The Morgan fingerprint density at radius 2 is 1.10 bits per heavy atom. The molecule has 0 aromatic heterocycles. The topological polar surface area (TPSA) is 91.3 Å². The van der Waals surface area contributed by atoms with E-state index in [0.29, 0.717) is 25.3 Å². The fraction of sp³-hybridized carbons (Fsp3) is 0.282. The van der Waals surface area contributed by atoms with Crippen LogP contribution in [0.25, 0.3) is 6.08 Å². The van der Waals surface area contributed by atoms with Crippen LogP contribution in [-0.2, 0) is 46.2 Å². The molecule has 0 saturated heterocycles. The molecule has 0 heterocycles. The zero-order chi connectivity index (χ0) is 38.0. The van der Waals surface area contributed by atoms with Crippen molar-refractivity contribution in [3.05, 3.63) is 144 Å². The fourth-order valence-corrected chi connectivity index (χ4v) is 5.65. The van der Waals surface area contributed by atoms with Gasteiger partial charge in [0.05, 0.1) is 0 Å². The number of hydrogen-bond donors (Lipinski definition) is 1. The van der Waals surface area contributed by atoms with Crippen LogP contribution in [0.4, 0.5) is 26.3 Å². The molecule has 0 fully saturated rings. The Labute approximate surface area is 296 Å². The quantitative estimate of drug-likeness (QED) is 0.0970. The predicted molar refractivity (Wildman–Crippen MR) is 179 cm³/mol. The van der Waals surface area contributed by atoms with Gasteiger partial charge < -0.3 is 24.1 Å². The number of carbonyl (C=O) groups excluding carboxylic acids is 2. The van der Waals surface area contributed by atoms with Crippen molar-refractivity contribution in [2.24, 2.45) is 0 Å². The van der Waals surface area contributed by atoms with Crippen LogP contribution in [0.5, 0.6) is 5.75 Å². The number of alkyl halides is 6. The van der Waals surface area contributed by atoms with Crippen molar-refractivity contribution in [1.82, 2.24) is 0 Å². The summed E-state index contributed by atoms with van der Waals surface area (Å²) in [7, 11) is 1.40. The minimum Gasteiger partial charge on any atom is -0.508 e. The molecule has 0 aliphatic rings. The van der Waals surface area contributed by atoms with Crippen LogP contribution in [0.2, 0.25) is 0 Å². The number of phenolic OH excluding ortho intramolecular Hbond substituents is 1. The predicted octanol–water partition coefficient (Wildman–Crippen LogP) is 8.46. The summed E-state index contributed by atoms with van der Waals surface area (Å²) in [5.41, 5.74) is -7.17. The average Bonchev–Trinajstić information content (AvgIpc) is 3.11. The number of rotatable bonds is 15. The van der Waals surface area contributed by atoms with E-state index in [2.05, 4.69) is 0 Å². The van der Waals surface area contributed by atoms with Crippen molar-refractivity contribution in [2.45, 2.75) is 55.0 Å². The van der Waals surface area contributed by atoms with Gasteiger partial charge in [0.1, 0.15) is 18.0 Å². The van der Waals surface area contributed by atoms with E-state index in [-0.39, 0.29) is 18.6 Å². The molecule has 4 aromatic carbocycles. The van der Waals surface area contributed by atoms with Gasteiger partial charge in [0.15, 0.2) is 0 Å². The van der Waals surface area contributed by atoms with Crippen LogP contribution in [0.15, 0.2) is 121 Å². The number of methoxy groups -OCH3 is 2. The van der Waals surface area contributed by atoms with Crippen LogP contribution < -0.4 is 0 Å². The largest absolute Gasteiger partial charge is 0.508 e. The Morgan fingerprint density at radius 1 is 0.654 bits per heavy atom. The van der Waals surface area contributed by atoms with E-state index < -0.39 is 65.2 Å². The molecule has 0 unspecified atom stereocenters. The van der Waals surface area contributed by atoms with E-state index in [1.807, 2.05) is 0 Å². The molecule has 276 valence electrons. The van der Waals surface area contributed by atoms with Crippen molar-refractivity contribution < 1.29 is 60.0 Å². The highest BCUT2D eigenvalue weighted by Crippen LogP contribution is 2.45. The van der Waals surface area contributed by atoms with Crippen LogP contribution in [0.3, 0.4) is 0 Å². The number of hydrogen-bond acceptors (Lipinski definition) is 7. The average molecular weight is 731 g/mol. The normalized spacial score (nSPS) is 15.6. The summed E-state index contributed by atoms with van der Waals surface area (Å²) in [5.74, 6) is -3.74. The highest BCUT2D eigenvalue weighted by Gasteiger charge is 2.65. The number of benzene rings is 4. The first-order valence-corrected chi connectivity index (χ1v) is 16.0. The molecule has 4 rings (SSSR count). The van der Waals surface area contributed by atoms with Crippen molar-refractivity contribution in [1.29, 1.82) is 0 Å². The molecular formula is C39H36F6O7. The van der Waals surface area contributed by atoms with Crippen LogP contribution in [-0.4, -0.2) is 55.8 Å². The van der Waals surface area contributed by atoms with Gasteiger partial charge in [-0.3, -0.25) is 0 Å². The smallest absolute Gasteiger partial charge is 0.432 e. The van der Waals surface area contributed by atoms with Gasteiger partial charge in [0.2, 0.25) is 0 Å². The maximum absolute atomic E-state index is 14.8. The third-order valence-electron chi connectivity index (χ3n) is 8.37. The molecular weight excluding hydrogens is 694 g/mol. The third-order valence-corrected chi connectivity index (χ3v) is 8.37. The van der Waals surface area contributed by atoms with Gasteiger partial charge in [-0.25, -0.2) is 9.59 Å². The molecule has 1 N–H and O–H groups in total. The number of phenols is 1. The number of halogens is 6. The Balaban J connectivity index is 1.77. The maximum atomic E-state index is 14.8. The fourth-order valence-electron chi connectivity index (χ4n) is 5.65.